The van der Waals surface area contributed by atoms with Gasteiger partial charge in [-0.25, -0.2) is 9.82 Å². The number of hydrogen-bond acceptors (Lipinski definition) is 5. The van der Waals surface area contributed by atoms with Crippen LogP contribution in [0.25, 0.3) is 0 Å². The lowest BCUT2D eigenvalue weighted by Crippen LogP contribution is -2.39. The van der Waals surface area contributed by atoms with Gasteiger partial charge in [0, 0.05) is 22.3 Å². The van der Waals surface area contributed by atoms with Gasteiger partial charge >= 0.3 is 11.8 Å². The first-order valence-electron chi connectivity index (χ1n) is 9.33. The highest BCUT2D eigenvalue weighted by Crippen LogP contribution is 2.22. The van der Waals surface area contributed by atoms with Crippen molar-refractivity contribution in [1.82, 2.24) is 10.7 Å². The molecule has 0 aromatic heterocycles. The van der Waals surface area contributed by atoms with Gasteiger partial charge in [0.25, 0.3) is 5.91 Å². The first-order valence-corrected chi connectivity index (χ1v) is 10.1. The molecule has 31 heavy (non-hydrogen) atoms. The number of benzene rings is 2. The van der Waals surface area contributed by atoms with E-state index in [0.29, 0.717) is 23.5 Å². The summed E-state index contributed by atoms with van der Waals surface area (Å²) in [6.45, 7) is 3.89. The molecule has 0 fully saturated rings. The second-order valence-electron chi connectivity index (χ2n) is 6.83. The zero-order chi connectivity index (χ0) is 22.8. The van der Waals surface area contributed by atoms with Gasteiger partial charge in [-0.05, 0) is 48.4 Å². The number of rotatable bonds is 8. The predicted molar refractivity (Wildman–Crippen MR) is 118 cm³/mol. The fraction of sp³-hybridized carbons (Fsp3) is 0.238. The van der Waals surface area contributed by atoms with Crippen LogP contribution in [0.1, 0.15) is 19.4 Å². The molecule has 0 bridgehead atoms. The van der Waals surface area contributed by atoms with Gasteiger partial charge in [0.2, 0.25) is 0 Å². The van der Waals surface area contributed by atoms with Crippen molar-refractivity contribution >= 4 is 45.6 Å². The summed E-state index contributed by atoms with van der Waals surface area (Å²) in [6.07, 6.45) is 1.30. The van der Waals surface area contributed by atoms with Crippen LogP contribution in [0.15, 0.2) is 52.0 Å². The summed E-state index contributed by atoms with van der Waals surface area (Å²) in [7, 11) is 0. The molecule has 0 unspecified atom stereocenters. The largest absolute Gasteiger partial charge is 0.483 e. The number of nitrogens with one attached hydrogen (secondary N) is 3. The van der Waals surface area contributed by atoms with Crippen molar-refractivity contribution in [1.29, 1.82) is 0 Å². The van der Waals surface area contributed by atoms with Crippen molar-refractivity contribution in [3.8, 4) is 5.75 Å². The molecule has 8 nitrogen and oxygen atoms in total. The minimum absolute atomic E-state index is 0.210. The third kappa shape index (κ3) is 8.55. The summed E-state index contributed by atoms with van der Waals surface area (Å²) in [6, 6.07) is 10.3. The van der Waals surface area contributed by atoms with Crippen LogP contribution in [-0.4, -0.2) is 37.1 Å². The fourth-order valence-electron chi connectivity index (χ4n) is 2.21. The molecule has 0 heterocycles. The maximum absolute atomic E-state index is 12.9. The van der Waals surface area contributed by atoms with E-state index >= 15 is 0 Å². The normalized spacial score (nSPS) is 10.7. The molecule has 0 radical (unpaired) electrons. The molecular formula is C21H22BrFN4O4. The Balaban J connectivity index is 1.94. The molecule has 0 aliphatic carbocycles. The number of amides is 3. The maximum Gasteiger partial charge on any atom is 0.329 e. The van der Waals surface area contributed by atoms with Crippen LogP contribution in [0.2, 0.25) is 0 Å². The molecular weight excluding hydrogens is 471 g/mol. The van der Waals surface area contributed by atoms with Gasteiger partial charge in [-0.1, -0.05) is 29.8 Å². The summed E-state index contributed by atoms with van der Waals surface area (Å²) >= 11 is 3.33. The molecule has 2 aromatic rings. The summed E-state index contributed by atoms with van der Waals surface area (Å²) in [5.41, 5.74) is 3.04. The Morgan fingerprint density at radius 2 is 1.84 bits per heavy atom. The van der Waals surface area contributed by atoms with E-state index in [1.807, 2.05) is 13.8 Å². The molecule has 3 N–H and O–H groups in total. The lowest BCUT2D eigenvalue weighted by atomic mass is 10.2. The first-order chi connectivity index (χ1) is 14.7. The third-order valence-electron chi connectivity index (χ3n) is 3.71. The van der Waals surface area contributed by atoms with E-state index in [-0.39, 0.29) is 12.5 Å². The van der Waals surface area contributed by atoms with E-state index in [2.05, 4.69) is 37.1 Å². The molecule has 0 atom stereocenters. The minimum Gasteiger partial charge on any atom is -0.483 e. The number of hydrazone groups is 1. The molecule has 2 rings (SSSR count). The summed E-state index contributed by atoms with van der Waals surface area (Å²) in [4.78, 5) is 35.5. The van der Waals surface area contributed by atoms with Crippen molar-refractivity contribution in [2.45, 2.75) is 13.8 Å². The zero-order valence-electron chi connectivity index (χ0n) is 16.9. The van der Waals surface area contributed by atoms with Crippen LogP contribution < -0.4 is 20.8 Å². The van der Waals surface area contributed by atoms with E-state index in [1.54, 1.807) is 18.2 Å². The SMILES string of the molecule is CC(C)CNC(=O)C(=O)N/N=C/c1cc(Br)ccc1OCC(=O)Nc1ccc(F)cc1. The Hall–Kier alpha value is -3.27. The van der Waals surface area contributed by atoms with E-state index in [9.17, 15) is 18.8 Å². The Labute approximate surface area is 187 Å². The number of hydrogen-bond donors (Lipinski definition) is 3. The average molecular weight is 493 g/mol. The topological polar surface area (TPSA) is 109 Å². The summed E-state index contributed by atoms with van der Waals surface area (Å²) < 4.78 is 19.2. The van der Waals surface area contributed by atoms with E-state index in [4.69, 9.17) is 4.74 Å². The number of nitrogens with zero attached hydrogens (tertiary/aromatic N) is 1. The van der Waals surface area contributed by atoms with E-state index in [0.717, 1.165) is 4.47 Å². The molecule has 0 spiro atoms. The van der Waals surface area contributed by atoms with Gasteiger partial charge in [-0.15, -0.1) is 0 Å². The predicted octanol–water partition coefficient (Wildman–Crippen LogP) is 2.83. The van der Waals surface area contributed by atoms with Crippen molar-refractivity contribution in [2.75, 3.05) is 18.5 Å². The van der Waals surface area contributed by atoms with Crippen LogP contribution in [0.4, 0.5) is 10.1 Å². The van der Waals surface area contributed by atoms with E-state index < -0.39 is 23.5 Å². The van der Waals surface area contributed by atoms with Gasteiger partial charge in [-0.3, -0.25) is 14.4 Å². The second kappa shape index (κ2) is 11.8. The Bertz CT molecular complexity index is 964. The quantitative estimate of drug-likeness (QED) is 0.299. The van der Waals surface area contributed by atoms with Crippen molar-refractivity contribution in [3.63, 3.8) is 0 Å². The van der Waals surface area contributed by atoms with Crippen LogP contribution in [0.5, 0.6) is 5.75 Å². The van der Waals surface area contributed by atoms with Gasteiger partial charge in [-0.2, -0.15) is 5.10 Å². The van der Waals surface area contributed by atoms with Gasteiger partial charge in [0.15, 0.2) is 6.61 Å². The highest BCUT2D eigenvalue weighted by atomic mass is 79.9. The maximum atomic E-state index is 12.9. The fourth-order valence-corrected chi connectivity index (χ4v) is 2.59. The summed E-state index contributed by atoms with van der Waals surface area (Å²) in [5.74, 6) is -1.98. The molecule has 0 saturated carbocycles. The highest BCUT2D eigenvalue weighted by molar-refractivity contribution is 9.10. The monoisotopic (exact) mass is 492 g/mol. The van der Waals surface area contributed by atoms with Crippen LogP contribution in [0, 0.1) is 11.7 Å². The van der Waals surface area contributed by atoms with Gasteiger partial charge < -0.3 is 15.4 Å². The number of anilines is 1. The molecule has 164 valence electrons. The smallest absolute Gasteiger partial charge is 0.329 e. The van der Waals surface area contributed by atoms with Crippen LogP contribution in [-0.2, 0) is 14.4 Å². The van der Waals surface area contributed by atoms with Crippen molar-refractivity contribution in [2.24, 2.45) is 11.0 Å². The molecule has 10 heteroatoms. The number of halogens is 2. The Morgan fingerprint density at radius 3 is 2.52 bits per heavy atom. The number of ether oxygens (including phenoxy) is 1. The number of carbonyl (C=O) groups excluding carboxylic acids is 3. The standard InChI is InChI=1S/C21H22BrFN4O4/c1-13(2)10-24-20(29)21(30)27-25-11-14-9-15(22)3-8-18(14)31-12-19(28)26-17-6-4-16(23)5-7-17/h3-9,11,13H,10,12H2,1-2H3,(H,24,29)(H,26,28)(H,27,30)/b25-11+. The van der Waals surface area contributed by atoms with Gasteiger partial charge in [0.1, 0.15) is 11.6 Å². The molecule has 0 saturated heterocycles. The third-order valence-corrected chi connectivity index (χ3v) is 4.20. The second-order valence-corrected chi connectivity index (χ2v) is 7.74. The summed E-state index contributed by atoms with van der Waals surface area (Å²) in [5, 5.41) is 8.84. The van der Waals surface area contributed by atoms with Crippen molar-refractivity contribution in [3.05, 3.63) is 58.3 Å². The van der Waals surface area contributed by atoms with Gasteiger partial charge in [0.05, 0.1) is 6.21 Å². The molecule has 3 amide bonds. The average Bonchev–Trinajstić information content (AvgIpc) is 2.73. The van der Waals surface area contributed by atoms with Crippen molar-refractivity contribution < 1.29 is 23.5 Å². The lowest BCUT2D eigenvalue weighted by Gasteiger charge is -2.10. The number of carbonyl (C=O) groups is 3. The molecule has 2 aromatic carbocycles. The Morgan fingerprint density at radius 1 is 1.13 bits per heavy atom. The highest BCUT2D eigenvalue weighted by Gasteiger charge is 2.12. The zero-order valence-corrected chi connectivity index (χ0v) is 18.5. The first kappa shape index (κ1) is 24.0. The van der Waals surface area contributed by atoms with E-state index in [1.165, 1.54) is 30.5 Å². The minimum atomic E-state index is -0.895. The van der Waals surface area contributed by atoms with Crippen LogP contribution in [0.3, 0.4) is 0 Å². The molecule has 0 aliphatic rings. The Kier molecular flexibility index (Phi) is 9.13. The van der Waals surface area contributed by atoms with Crippen LogP contribution >= 0.6 is 15.9 Å². The molecule has 0 aliphatic heterocycles. The lowest BCUT2D eigenvalue weighted by molar-refractivity contribution is -0.139.